The van der Waals surface area contributed by atoms with E-state index in [1.165, 1.54) is 0 Å². The Labute approximate surface area is 208 Å². The molecule has 0 radical (unpaired) electrons. The maximum atomic E-state index is 11.8. The molecule has 0 amide bonds. The van der Waals surface area contributed by atoms with E-state index in [2.05, 4.69) is 0 Å². The SMILES string of the molecule is CCCn1c([S-])c([S-])n(CCC)c1=O.CCCn1c([S-])c([S-])n(CCC)c1=O.[Pd]. The molecule has 0 saturated heterocycles. The number of hydrogen-bond acceptors (Lipinski definition) is 6. The second-order valence-electron chi connectivity index (χ2n) is 6.39. The van der Waals surface area contributed by atoms with Crippen LogP contribution in [0.15, 0.2) is 29.7 Å². The molecule has 0 atom stereocenters. The van der Waals surface area contributed by atoms with Crippen LogP contribution in [0.2, 0.25) is 0 Å². The molecule has 0 unspecified atom stereocenters. The van der Waals surface area contributed by atoms with Crippen molar-refractivity contribution in [1.82, 2.24) is 18.3 Å². The van der Waals surface area contributed by atoms with Gasteiger partial charge in [-0.05, 0) is 25.7 Å². The van der Waals surface area contributed by atoms with Gasteiger partial charge in [0.1, 0.15) is 0 Å². The van der Waals surface area contributed by atoms with Gasteiger partial charge in [-0.2, -0.15) is 0 Å². The Bertz CT molecular complexity index is 749. The first kappa shape index (κ1) is 28.6. The van der Waals surface area contributed by atoms with Gasteiger partial charge in [0.05, 0.1) is 0 Å². The van der Waals surface area contributed by atoms with E-state index >= 15 is 0 Å². The molecule has 2 aromatic rings. The van der Waals surface area contributed by atoms with Crippen LogP contribution in [0.5, 0.6) is 0 Å². The minimum absolute atomic E-state index is 0. The standard InChI is InChI=1S/2C9H16N2OS2.Pd/c2*1-3-5-10-7(13)8(14)11(6-4-2)9(10)12;/h2*13-14H,3-6H2,1-2H3;/p-4. The van der Waals surface area contributed by atoms with Crippen LogP contribution in [0, 0.1) is 0 Å². The van der Waals surface area contributed by atoms with Crippen LogP contribution in [-0.4, -0.2) is 18.3 Å². The summed E-state index contributed by atoms with van der Waals surface area (Å²) in [6, 6.07) is 0. The fourth-order valence-electron chi connectivity index (χ4n) is 2.78. The molecule has 0 aliphatic rings. The second kappa shape index (κ2) is 13.8. The zero-order valence-corrected chi connectivity index (χ0v) is 22.0. The maximum Gasteiger partial charge on any atom is 0.325 e. The Kier molecular flexibility index (Phi) is 13.6. The fraction of sp³-hybridized carbons (Fsp3) is 0.667. The van der Waals surface area contributed by atoms with Gasteiger partial charge in [0, 0.05) is 46.6 Å². The Balaban J connectivity index is 0.000000523. The summed E-state index contributed by atoms with van der Waals surface area (Å²) in [4.78, 5) is 23.6. The Hall–Kier alpha value is -0.438. The summed E-state index contributed by atoms with van der Waals surface area (Å²) < 4.78 is 6.36. The van der Waals surface area contributed by atoms with Crippen LogP contribution in [0.25, 0.3) is 0 Å². The van der Waals surface area contributed by atoms with Crippen molar-refractivity contribution in [3.63, 3.8) is 0 Å². The van der Waals surface area contributed by atoms with Crippen molar-refractivity contribution in [3.8, 4) is 0 Å². The van der Waals surface area contributed by atoms with Gasteiger partial charge in [0.2, 0.25) is 0 Å². The number of rotatable bonds is 8. The number of imidazole rings is 2. The van der Waals surface area contributed by atoms with Crippen molar-refractivity contribution in [3.05, 3.63) is 21.0 Å². The van der Waals surface area contributed by atoms with Crippen molar-refractivity contribution in [1.29, 1.82) is 0 Å². The normalized spacial score (nSPS) is 10.3. The van der Waals surface area contributed by atoms with Gasteiger partial charge in [-0.25, -0.2) is 9.59 Å². The fourth-order valence-corrected chi connectivity index (χ4v) is 3.90. The van der Waals surface area contributed by atoms with E-state index in [1.807, 2.05) is 27.7 Å². The van der Waals surface area contributed by atoms with Gasteiger partial charge in [0.15, 0.2) is 0 Å². The summed E-state index contributed by atoms with van der Waals surface area (Å²) in [7, 11) is 0. The molecule has 0 aliphatic heterocycles. The van der Waals surface area contributed by atoms with E-state index in [1.54, 1.807) is 18.3 Å². The smallest absolute Gasteiger partial charge is 0.325 e. The topological polar surface area (TPSA) is 53.9 Å². The van der Waals surface area contributed by atoms with Crippen LogP contribution in [0.4, 0.5) is 0 Å². The molecule has 0 N–H and O–H groups in total. The van der Waals surface area contributed by atoms with Gasteiger partial charge in [0.25, 0.3) is 0 Å². The minimum Gasteiger partial charge on any atom is -0.762 e. The third-order valence-electron chi connectivity index (χ3n) is 4.06. The van der Waals surface area contributed by atoms with E-state index < -0.39 is 0 Å². The molecular formula is C18H28N4O2PdS4-4. The largest absolute Gasteiger partial charge is 0.762 e. The molecule has 0 saturated carbocycles. The van der Waals surface area contributed by atoms with E-state index in [0.29, 0.717) is 46.3 Å². The number of hydrogen-bond donors (Lipinski definition) is 0. The average molecular weight is 567 g/mol. The van der Waals surface area contributed by atoms with Crippen molar-refractivity contribution in [2.45, 2.75) is 99.7 Å². The third-order valence-corrected chi connectivity index (χ3v) is 5.97. The van der Waals surface area contributed by atoms with Crippen molar-refractivity contribution in [2.75, 3.05) is 0 Å². The first-order valence-electron chi connectivity index (χ1n) is 9.61. The van der Waals surface area contributed by atoms with E-state index in [0.717, 1.165) is 25.7 Å². The van der Waals surface area contributed by atoms with Crippen LogP contribution in [0.3, 0.4) is 0 Å². The minimum atomic E-state index is -0.0521. The summed E-state index contributed by atoms with van der Waals surface area (Å²) in [6.45, 7) is 10.7. The average Bonchev–Trinajstić information content (AvgIpc) is 2.99. The Morgan fingerprint density at radius 1 is 0.517 bits per heavy atom. The first-order chi connectivity index (χ1) is 13.3. The second-order valence-corrected chi connectivity index (χ2v) is 7.94. The van der Waals surface area contributed by atoms with Crippen molar-refractivity contribution in [2.24, 2.45) is 0 Å². The summed E-state index contributed by atoms with van der Waals surface area (Å²) in [5.41, 5.74) is -0.104. The summed E-state index contributed by atoms with van der Waals surface area (Å²) in [5, 5.41) is 2.06. The van der Waals surface area contributed by atoms with E-state index in [9.17, 15) is 9.59 Å². The van der Waals surface area contributed by atoms with E-state index in [-0.39, 0.29) is 31.8 Å². The van der Waals surface area contributed by atoms with Crippen molar-refractivity contribution >= 4 is 50.5 Å². The van der Waals surface area contributed by atoms with Crippen LogP contribution in [0.1, 0.15) is 53.4 Å². The predicted molar refractivity (Wildman–Crippen MR) is 121 cm³/mol. The molecule has 2 aromatic heterocycles. The summed E-state index contributed by atoms with van der Waals surface area (Å²) in [5.74, 6) is 0. The molecule has 0 aromatic carbocycles. The molecule has 2 rings (SSSR count). The predicted octanol–water partition coefficient (Wildman–Crippen LogP) is 2.56. The van der Waals surface area contributed by atoms with Gasteiger partial charge in [-0.15, -0.1) is 20.1 Å². The monoisotopic (exact) mass is 566 g/mol. The van der Waals surface area contributed by atoms with Crippen LogP contribution >= 0.6 is 0 Å². The molecule has 2 heterocycles. The molecule has 170 valence electrons. The summed E-state index contributed by atoms with van der Waals surface area (Å²) in [6.07, 6.45) is 3.59. The molecule has 11 heteroatoms. The maximum absolute atomic E-state index is 11.8. The van der Waals surface area contributed by atoms with Gasteiger partial charge in [-0.1, -0.05) is 27.7 Å². The van der Waals surface area contributed by atoms with Gasteiger partial charge < -0.3 is 68.8 Å². The Morgan fingerprint density at radius 3 is 0.828 bits per heavy atom. The molecular weight excluding hydrogens is 539 g/mol. The molecule has 29 heavy (non-hydrogen) atoms. The first-order valence-corrected chi connectivity index (χ1v) is 11.2. The van der Waals surface area contributed by atoms with Crippen LogP contribution < -0.4 is 11.4 Å². The van der Waals surface area contributed by atoms with Gasteiger partial charge in [-0.3, -0.25) is 0 Å². The Morgan fingerprint density at radius 2 is 0.690 bits per heavy atom. The quantitative estimate of drug-likeness (QED) is 0.362. The zero-order chi connectivity index (χ0) is 21.4. The van der Waals surface area contributed by atoms with Gasteiger partial charge >= 0.3 is 11.4 Å². The molecule has 0 aliphatic carbocycles. The summed E-state index contributed by atoms with van der Waals surface area (Å²) >= 11 is 20.5. The molecule has 0 spiro atoms. The van der Waals surface area contributed by atoms with Crippen molar-refractivity contribution < 1.29 is 20.4 Å². The third kappa shape index (κ3) is 6.77. The van der Waals surface area contributed by atoms with E-state index in [4.69, 9.17) is 50.5 Å². The molecule has 0 fully saturated rings. The number of nitrogens with zero attached hydrogens (tertiary/aromatic N) is 4. The number of aromatic nitrogens is 4. The molecule has 0 bridgehead atoms. The zero-order valence-electron chi connectivity index (χ0n) is 17.2. The van der Waals surface area contributed by atoms with Crippen LogP contribution in [-0.2, 0) is 97.1 Å². The molecule has 6 nitrogen and oxygen atoms in total.